The minimum absolute atomic E-state index is 0.0309. The van der Waals surface area contributed by atoms with Crippen LogP contribution in [-0.2, 0) is 52.3 Å². The van der Waals surface area contributed by atoms with Gasteiger partial charge in [-0.05, 0) is 68.7 Å². The lowest BCUT2D eigenvalue weighted by atomic mass is 10.1. The third-order valence-electron chi connectivity index (χ3n) is 9.75. The Balaban J connectivity index is 1.13. The van der Waals surface area contributed by atoms with Crippen LogP contribution in [0.15, 0.2) is 82.3 Å². The van der Waals surface area contributed by atoms with Gasteiger partial charge in [0.2, 0.25) is 23.4 Å². The minimum atomic E-state index is -4.38. The number of unbranched alkanes of at least 4 members (excludes halogenated alkanes) is 2. The van der Waals surface area contributed by atoms with E-state index < -0.39 is 25.5 Å². The zero-order valence-electron chi connectivity index (χ0n) is 31.3. The quantitative estimate of drug-likeness (QED) is 0.0594. The van der Waals surface area contributed by atoms with Crippen LogP contribution in [-0.4, -0.2) is 102 Å². The first kappa shape index (κ1) is 42.7. The van der Waals surface area contributed by atoms with Gasteiger partial charge in [0.05, 0.1) is 21.5 Å². The molecule has 1 fully saturated rings. The van der Waals surface area contributed by atoms with E-state index in [4.69, 9.17) is 0 Å². The highest BCUT2D eigenvalue weighted by Gasteiger charge is 2.38. The fraction of sp³-hybridized carbons (Fsp3) is 0.410. The molecule has 2 aromatic rings. The van der Waals surface area contributed by atoms with Crippen LogP contribution in [0.3, 0.4) is 0 Å². The molecule has 1 saturated heterocycles. The fourth-order valence-corrected chi connectivity index (χ4v) is 9.25. The van der Waals surface area contributed by atoms with Crippen molar-refractivity contribution in [2.75, 3.05) is 36.8 Å². The third-order valence-corrected chi connectivity index (χ3v) is 12.7. The van der Waals surface area contributed by atoms with Crippen LogP contribution in [0.25, 0.3) is 0 Å². The molecule has 300 valence electrons. The lowest BCUT2D eigenvalue weighted by Gasteiger charge is -2.21. The van der Waals surface area contributed by atoms with Crippen LogP contribution in [0.1, 0.15) is 63.5 Å². The van der Waals surface area contributed by atoms with Crippen LogP contribution in [0, 0.1) is 0 Å². The Morgan fingerprint density at radius 1 is 0.893 bits per heavy atom. The molecule has 0 spiro atoms. The summed E-state index contributed by atoms with van der Waals surface area (Å²) in [6, 6.07) is 9.10. The zero-order chi connectivity index (χ0) is 40.6. The molecule has 3 N–H and O–H groups in total. The number of ketones is 1. The fourth-order valence-electron chi connectivity index (χ4n) is 6.97. The molecule has 0 radical (unpaired) electrons. The van der Waals surface area contributed by atoms with E-state index >= 15 is 0 Å². The van der Waals surface area contributed by atoms with Gasteiger partial charge in [0.25, 0.3) is 20.2 Å². The molecule has 3 aliphatic heterocycles. The summed E-state index contributed by atoms with van der Waals surface area (Å²) in [5.74, 6) is -0.220. The molecule has 3 heterocycles. The van der Waals surface area contributed by atoms with Crippen LogP contribution < -0.4 is 10.2 Å². The molecule has 3 aliphatic rings. The second-order valence-electron chi connectivity index (χ2n) is 13.7. The number of nitrogens with zero attached hydrogens (tertiary/aromatic N) is 3. The molecule has 17 heteroatoms. The molecule has 3 amide bonds. The summed E-state index contributed by atoms with van der Waals surface area (Å²) < 4.78 is 68.1. The van der Waals surface area contributed by atoms with E-state index in [1.54, 1.807) is 12.1 Å². The van der Waals surface area contributed by atoms with Gasteiger partial charge in [0.15, 0.2) is 5.71 Å². The summed E-state index contributed by atoms with van der Waals surface area (Å²) >= 11 is 1.31. The van der Waals surface area contributed by atoms with Gasteiger partial charge < -0.3 is 10.2 Å². The van der Waals surface area contributed by atoms with Gasteiger partial charge in [0, 0.05) is 80.2 Å². The molecule has 0 aromatic heterocycles. The summed E-state index contributed by atoms with van der Waals surface area (Å²) in [7, 11) is -8.69. The normalized spacial score (nSPS) is 17.9. The minimum Gasteiger partial charge on any atom is -0.354 e. The number of allylic oxidation sites excluding steroid dienone is 6. The predicted octanol–water partition coefficient (Wildman–Crippen LogP) is 4.42. The maximum absolute atomic E-state index is 12.6. The molecular weight excluding hydrogens is 781 g/mol. The second kappa shape index (κ2) is 18.7. The van der Waals surface area contributed by atoms with Crippen molar-refractivity contribution >= 4 is 72.6 Å². The van der Waals surface area contributed by atoms with E-state index in [0.717, 1.165) is 46.8 Å². The Morgan fingerprint density at radius 3 is 2.30 bits per heavy atom. The van der Waals surface area contributed by atoms with Gasteiger partial charge >= 0.3 is 0 Å². The van der Waals surface area contributed by atoms with Crippen molar-refractivity contribution in [3.8, 4) is 0 Å². The van der Waals surface area contributed by atoms with E-state index in [1.807, 2.05) is 37.3 Å². The number of rotatable bonds is 19. The molecule has 5 rings (SSSR count). The Bertz CT molecular complexity index is 2230. The maximum atomic E-state index is 12.6. The number of anilines is 1. The first-order valence-electron chi connectivity index (χ1n) is 18.4. The average molecular weight is 828 g/mol. The van der Waals surface area contributed by atoms with Crippen molar-refractivity contribution in [3.63, 3.8) is 0 Å². The number of carbonyl (C=O) groups excluding carboxylic acids is 4. The average Bonchev–Trinajstić information content (AvgIpc) is 3.76. The SMILES string of the molecule is CC[N+]1=C(/C=C/C=C/C=C2\Cc3cc(S(=O)(=O)O)ccc3N2CCCCCC(=O)NCCN2C(=O)CC(SCCC(C)=O)C2=O)Cc2cc(S(=O)(=O)O)ccc21. The highest BCUT2D eigenvalue weighted by molar-refractivity contribution is 8.00. The van der Waals surface area contributed by atoms with E-state index in [1.165, 1.54) is 47.9 Å². The molecule has 56 heavy (non-hydrogen) atoms. The van der Waals surface area contributed by atoms with Crippen molar-refractivity contribution in [3.05, 3.63) is 83.6 Å². The van der Waals surface area contributed by atoms with Crippen LogP contribution in [0.4, 0.5) is 11.4 Å². The van der Waals surface area contributed by atoms with Crippen molar-refractivity contribution in [1.29, 1.82) is 0 Å². The number of likely N-dealkylation sites (tertiary alicyclic amines) is 1. The summed E-state index contributed by atoms with van der Waals surface area (Å²) in [4.78, 5) is 51.6. The molecule has 0 saturated carbocycles. The Kier molecular flexibility index (Phi) is 14.3. The van der Waals surface area contributed by atoms with E-state index in [0.29, 0.717) is 44.5 Å². The van der Waals surface area contributed by atoms with Crippen molar-refractivity contribution in [2.45, 2.75) is 80.3 Å². The number of nitrogens with one attached hydrogen (secondary N) is 1. The van der Waals surface area contributed by atoms with Crippen LogP contribution >= 0.6 is 11.8 Å². The third kappa shape index (κ3) is 10.9. The molecule has 1 unspecified atom stereocenters. The molecule has 2 aromatic carbocycles. The molecule has 14 nitrogen and oxygen atoms in total. The summed E-state index contributed by atoms with van der Waals surface area (Å²) in [6.45, 7) is 5.02. The number of fused-ring (bicyclic) bond motifs is 2. The molecule has 0 aliphatic carbocycles. The number of amides is 3. The van der Waals surface area contributed by atoms with E-state index in [-0.39, 0.29) is 59.2 Å². The van der Waals surface area contributed by atoms with Gasteiger partial charge in [-0.15, -0.1) is 11.8 Å². The zero-order valence-corrected chi connectivity index (χ0v) is 33.8. The number of hydrogen-bond acceptors (Lipinski definition) is 10. The number of Topliss-reactive ketones (excluding diaryl/α,β-unsaturated/α-hetero) is 1. The summed E-state index contributed by atoms with van der Waals surface area (Å²) in [5, 5.41) is 2.30. The first-order valence-corrected chi connectivity index (χ1v) is 22.4. The largest absolute Gasteiger partial charge is 0.354 e. The highest BCUT2D eigenvalue weighted by atomic mass is 32.2. The van der Waals surface area contributed by atoms with Gasteiger partial charge in [-0.3, -0.25) is 33.2 Å². The van der Waals surface area contributed by atoms with Crippen molar-refractivity contribution in [1.82, 2.24) is 10.2 Å². The van der Waals surface area contributed by atoms with Crippen molar-refractivity contribution in [2.24, 2.45) is 0 Å². The first-order chi connectivity index (χ1) is 26.6. The number of carbonyl (C=O) groups is 4. The predicted molar refractivity (Wildman–Crippen MR) is 213 cm³/mol. The Labute approximate surface area is 331 Å². The van der Waals surface area contributed by atoms with Gasteiger partial charge in [-0.25, -0.2) is 0 Å². The van der Waals surface area contributed by atoms with Crippen LogP contribution in [0.2, 0.25) is 0 Å². The number of imide groups is 1. The monoisotopic (exact) mass is 827 g/mol. The summed E-state index contributed by atoms with van der Waals surface area (Å²) in [6.07, 6.45) is 13.3. The standard InChI is InChI=1S/C39H46N4O10S3/c1-3-41-30(22-28-24-32(55(48,49)50)13-15-34(28)41)10-6-4-7-11-31-23-29-25-33(56(51,52)53)14-16-35(29)42(31)19-9-5-8-12-37(45)40-18-20-43-38(46)26-36(39(43)47)54-21-17-27(2)44/h4,6-7,10-11,13-16,24-25,36H,3,5,8-9,12,17-23,26H2,1-2H3,(H2-,40,45,48,49,50,51,52,53)/p+1. The molecule has 0 bridgehead atoms. The van der Waals surface area contributed by atoms with Gasteiger partial charge in [0.1, 0.15) is 12.3 Å². The molecule has 1 atom stereocenters. The van der Waals surface area contributed by atoms with Gasteiger partial charge in [-0.2, -0.15) is 21.4 Å². The number of thioether (sulfide) groups is 1. The Hall–Kier alpha value is -4.42. The highest BCUT2D eigenvalue weighted by Crippen LogP contribution is 2.36. The Morgan fingerprint density at radius 2 is 1.61 bits per heavy atom. The van der Waals surface area contributed by atoms with E-state index in [9.17, 15) is 45.1 Å². The topological polar surface area (TPSA) is 199 Å². The number of benzene rings is 2. The van der Waals surface area contributed by atoms with E-state index in [2.05, 4.69) is 14.8 Å². The maximum Gasteiger partial charge on any atom is 0.294 e. The lowest BCUT2D eigenvalue weighted by molar-refractivity contribution is -0.432. The van der Waals surface area contributed by atoms with Gasteiger partial charge in [-0.1, -0.05) is 24.6 Å². The summed E-state index contributed by atoms with van der Waals surface area (Å²) in [5.41, 5.74) is 5.17. The smallest absolute Gasteiger partial charge is 0.294 e. The second-order valence-corrected chi connectivity index (χ2v) is 17.9. The molecular formula is C39H47N4O10S3+. The van der Waals surface area contributed by atoms with Crippen molar-refractivity contribution < 1.29 is 49.7 Å². The number of hydrogen-bond donors (Lipinski definition) is 3. The lowest BCUT2D eigenvalue weighted by Crippen LogP contribution is -2.38. The van der Waals surface area contributed by atoms with Crippen LogP contribution in [0.5, 0.6) is 0 Å².